The molecule has 0 unspecified atom stereocenters. The van der Waals surface area contributed by atoms with Crippen LogP contribution in [0.1, 0.15) is 39.5 Å². The molecule has 1 saturated heterocycles. The van der Waals surface area contributed by atoms with E-state index in [2.05, 4.69) is 0 Å². The van der Waals surface area contributed by atoms with Crippen molar-refractivity contribution in [1.29, 1.82) is 0 Å². The Bertz CT molecular complexity index is 326. The molecule has 1 heterocycles. The molecule has 0 spiro atoms. The van der Waals surface area contributed by atoms with Crippen molar-refractivity contribution in [2.24, 2.45) is 11.1 Å². The molecule has 1 rings (SSSR count). The Morgan fingerprint density at radius 1 is 1.44 bits per heavy atom. The van der Waals surface area contributed by atoms with Gasteiger partial charge in [0.05, 0.1) is 10.4 Å². The van der Waals surface area contributed by atoms with Crippen LogP contribution in [-0.4, -0.2) is 28.2 Å². The van der Waals surface area contributed by atoms with Gasteiger partial charge in [0.2, 0.25) is 11.8 Å². The average Bonchev–Trinajstić information content (AvgIpc) is 2.33. The standard InChI is InChI=1S/C11H18N2O2S/c1-11(2)7-9(14)13(10(11)15)6-4-3-5-8(12)16/h3-7H2,1-2H3,(H2,12,16). The molecule has 1 fully saturated rings. The number of imide groups is 1. The van der Waals surface area contributed by atoms with E-state index < -0.39 is 5.41 Å². The van der Waals surface area contributed by atoms with Gasteiger partial charge in [-0.2, -0.15) is 0 Å². The molecule has 0 aliphatic carbocycles. The Morgan fingerprint density at radius 2 is 2.06 bits per heavy atom. The third kappa shape index (κ3) is 3.01. The smallest absolute Gasteiger partial charge is 0.235 e. The zero-order valence-electron chi connectivity index (χ0n) is 9.78. The molecule has 1 aliphatic heterocycles. The van der Waals surface area contributed by atoms with Crippen molar-refractivity contribution in [3.63, 3.8) is 0 Å². The molecule has 0 aromatic carbocycles. The largest absolute Gasteiger partial charge is 0.393 e. The predicted molar refractivity (Wildman–Crippen MR) is 65.8 cm³/mol. The monoisotopic (exact) mass is 242 g/mol. The molecular weight excluding hydrogens is 224 g/mol. The first-order valence-electron chi connectivity index (χ1n) is 5.48. The zero-order valence-corrected chi connectivity index (χ0v) is 10.6. The summed E-state index contributed by atoms with van der Waals surface area (Å²) < 4.78 is 0. The fourth-order valence-corrected chi connectivity index (χ4v) is 1.97. The number of nitrogens with zero attached hydrogens (tertiary/aromatic N) is 1. The number of likely N-dealkylation sites (tertiary alicyclic amines) is 1. The lowest BCUT2D eigenvalue weighted by Crippen LogP contribution is -2.33. The van der Waals surface area contributed by atoms with E-state index in [1.165, 1.54) is 4.90 Å². The summed E-state index contributed by atoms with van der Waals surface area (Å²) in [5.74, 6) is -0.127. The van der Waals surface area contributed by atoms with Gasteiger partial charge in [0.25, 0.3) is 0 Å². The van der Waals surface area contributed by atoms with Gasteiger partial charge in [-0.15, -0.1) is 0 Å². The fourth-order valence-electron chi connectivity index (χ4n) is 1.82. The van der Waals surface area contributed by atoms with Crippen LogP contribution in [0.3, 0.4) is 0 Å². The fraction of sp³-hybridized carbons (Fsp3) is 0.727. The highest BCUT2D eigenvalue weighted by atomic mass is 32.1. The second kappa shape index (κ2) is 4.91. The minimum atomic E-state index is -0.528. The van der Waals surface area contributed by atoms with Crippen LogP contribution in [0.15, 0.2) is 0 Å². The van der Waals surface area contributed by atoms with E-state index in [0.29, 0.717) is 24.4 Å². The zero-order chi connectivity index (χ0) is 12.3. The lowest BCUT2D eigenvalue weighted by molar-refractivity contribution is -0.140. The molecule has 0 aromatic heterocycles. The number of rotatable bonds is 5. The number of amides is 2. The van der Waals surface area contributed by atoms with Crippen molar-refractivity contribution in [2.45, 2.75) is 39.5 Å². The first kappa shape index (κ1) is 13.1. The first-order valence-corrected chi connectivity index (χ1v) is 5.88. The summed E-state index contributed by atoms with van der Waals surface area (Å²) in [7, 11) is 0. The van der Waals surface area contributed by atoms with E-state index in [4.69, 9.17) is 18.0 Å². The molecule has 16 heavy (non-hydrogen) atoms. The molecule has 4 nitrogen and oxygen atoms in total. The van der Waals surface area contributed by atoms with Gasteiger partial charge in [0.15, 0.2) is 0 Å². The minimum Gasteiger partial charge on any atom is -0.393 e. The molecule has 0 radical (unpaired) electrons. The van der Waals surface area contributed by atoms with Gasteiger partial charge >= 0.3 is 0 Å². The summed E-state index contributed by atoms with van der Waals surface area (Å²) >= 11 is 4.76. The predicted octanol–water partition coefficient (Wildman–Crippen LogP) is 1.23. The maximum Gasteiger partial charge on any atom is 0.235 e. The van der Waals surface area contributed by atoms with Crippen LogP contribution in [0.4, 0.5) is 0 Å². The maximum atomic E-state index is 11.8. The molecule has 1 aliphatic rings. The molecule has 5 heteroatoms. The third-order valence-corrected chi connectivity index (χ3v) is 2.98. The number of carbonyl (C=O) groups is 2. The van der Waals surface area contributed by atoms with Crippen LogP contribution in [0.25, 0.3) is 0 Å². The normalized spacial score (nSPS) is 19.2. The molecule has 0 aromatic rings. The van der Waals surface area contributed by atoms with E-state index in [1.54, 1.807) is 0 Å². The van der Waals surface area contributed by atoms with Gasteiger partial charge in [0, 0.05) is 13.0 Å². The van der Waals surface area contributed by atoms with Gasteiger partial charge in [-0.25, -0.2) is 0 Å². The summed E-state index contributed by atoms with van der Waals surface area (Å²) in [4.78, 5) is 25.2. The van der Waals surface area contributed by atoms with Crippen LogP contribution in [-0.2, 0) is 9.59 Å². The molecule has 2 N–H and O–H groups in total. The molecule has 0 bridgehead atoms. The second-order valence-electron chi connectivity index (χ2n) is 4.83. The van der Waals surface area contributed by atoms with Gasteiger partial charge in [-0.1, -0.05) is 26.1 Å². The first-order chi connectivity index (χ1) is 7.34. The summed E-state index contributed by atoms with van der Waals surface area (Å²) in [5, 5.41) is 0. The number of thiocarbonyl (C=S) groups is 1. The summed E-state index contributed by atoms with van der Waals surface area (Å²) in [6.07, 6.45) is 2.59. The number of carbonyl (C=O) groups excluding carboxylic acids is 2. The molecule has 0 atom stereocenters. The van der Waals surface area contributed by atoms with Crippen LogP contribution < -0.4 is 5.73 Å². The number of hydrogen-bond donors (Lipinski definition) is 1. The van der Waals surface area contributed by atoms with E-state index in [0.717, 1.165) is 12.8 Å². The quantitative estimate of drug-likeness (QED) is 0.447. The molecule has 90 valence electrons. The van der Waals surface area contributed by atoms with Gasteiger partial charge < -0.3 is 5.73 Å². The van der Waals surface area contributed by atoms with E-state index in [-0.39, 0.29) is 11.8 Å². The third-order valence-electron chi connectivity index (χ3n) is 2.77. The van der Waals surface area contributed by atoms with Crippen molar-refractivity contribution in [1.82, 2.24) is 4.90 Å². The minimum absolute atomic E-state index is 0.0622. The second-order valence-corrected chi connectivity index (χ2v) is 5.36. The van der Waals surface area contributed by atoms with Crippen molar-refractivity contribution >= 4 is 29.0 Å². The van der Waals surface area contributed by atoms with Crippen molar-refractivity contribution in [2.75, 3.05) is 6.54 Å². The number of hydrogen-bond acceptors (Lipinski definition) is 3. The van der Waals surface area contributed by atoms with Crippen LogP contribution in [0.2, 0.25) is 0 Å². The van der Waals surface area contributed by atoms with Crippen LogP contribution >= 0.6 is 12.2 Å². The molecule has 2 amide bonds. The average molecular weight is 242 g/mol. The summed E-state index contributed by atoms with van der Waals surface area (Å²) in [6, 6.07) is 0. The van der Waals surface area contributed by atoms with Crippen LogP contribution in [0.5, 0.6) is 0 Å². The van der Waals surface area contributed by atoms with E-state index >= 15 is 0 Å². The Balaban J connectivity index is 2.41. The van der Waals surface area contributed by atoms with Gasteiger partial charge in [-0.3, -0.25) is 14.5 Å². The van der Waals surface area contributed by atoms with Crippen molar-refractivity contribution in [3.05, 3.63) is 0 Å². The molecular formula is C11H18N2O2S. The van der Waals surface area contributed by atoms with Crippen molar-refractivity contribution < 1.29 is 9.59 Å². The van der Waals surface area contributed by atoms with Gasteiger partial charge in [-0.05, 0) is 19.3 Å². The summed E-state index contributed by atoms with van der Waals surface area (Å²) in [5.41, 5.74) is 4.84. The topological polar surface area (TPSA) is 63.4 Å². The Morgan fingerprint density at radius 3 is 2.50 bits per heavy atom. The highest BCUT2D eigenvalue weighted by molar-refractivity contribution is 7.80. The lowest BCUT2D eigenvalue weighted by Gasteiger charge is -2.17. The molecule has 0 saturated carbocycles. The highest BCUT2D eigenvalue weighted by Gasteiger charge is 2.44. The van der Waals surface area contributed by atoms with Crippen molar-refractivity contribution in [3.8, 4) is 0 Å². The van der Waals surface area contributed by atoms with E-state index in [9.17, 15) is 9.59 Å². The van der Waals surface area contributed by atoms with E-state index in [1.807, 2.05) is 13.8 Å². The highest BCUT2D eigenvalue weighted by Crippen LogP contribution is 2.31. The van der Waals surface area contributed by atoms with Gasteiger partial charge in [0.1, 0.15) is 0 Å². The number of unbranched alkanes of at least 4 members (excludes halogenated alkanes) is 1. The Hall–Kier alpha value is -0.970. The Kier molecular flexibility index (Phi) is 4.02. The SMILES string of the molecule is CC1(C)CC(=O)N(CCCCC(N)=S)C1=O. The summed E-state index contributed by atoms with van der Waals surface area (Å²) in [6.45, 7) is 4.11. The number of nitrogens with two attached hydrogens (primary N) is 1. The Labute approximate surface area is 101 Å². The lowest BCUT2D eigenvalue weighted by atomic mass is 9.92. The maximum absolute atomic E-state index is 11.8. The van der Waals surface area contributed by atoms with Crippen LogP contribution in [0, 0.1) is 5.41 Å².